The minimum Gasteiger partial charge on any atom is -0.385 e. The van der Waals surface area contributed by atoms with E-state index in [9.17, 15) is 4.79 Å². The summed E-state index contributed by atoms with van der Waals surface area (Å²) < 4.78 is 4.95. The number of carbonyl (C=O) groups excluding carboxylic acids is 1. The van der Waals surface area contributed by atoms with Crippen LogP contribution in [0.15, 0.2) is 24.3 Å². The third-order valence-electron chi connectivity index (χ3n) is 2.79. The van der Waals surface area contributed by atoms with Gasteiger partial charge in [-0.25, -0.2) is 0 Å². The van der Waals surface area contributed by atoms with Crippen molar-refractivity contribution in [3.8, 4) is 0 Å². The summed E-state index contributed by atoms with van der Waals surface area (Å²) >= 11 is 0. The van der Waals surface area contributed by atoms with Crippen molar-refractivity contribution >= 4 is 5.91 Å². The van der Waals surface area contributed by atoms with Crippen molar-refractivity contribution in [3.63, 3.8) is 0 Å². The van der Waals surface area contributed by atoms with Crippen molar-refractivity contribution in [1.29, 1.82) is 0 Å². The van der Waals surface area contributed by atoms with Gasteiger partial charge in [-0.2, -0.15) is 0 Å². The second-order valence-electron chi connectivity index (χ2n) is 4.20. The van der Waals surface area contributed by atoms with Crippen LogP contribution in [0.2, 0.25) is 0 Å². The van der Waals surface area contributed by atoms with E-state index in [-0.39, 0.29) is 5.91 Å². The van der Waals surface area contributed by atoms with Crippen molar-refractivity contribution < 1.29 is 9.53 Å². The standard InChI is InChI=1S/C14H22N2O2/c1-18-9-5-4-8-16-14(17)10-12-6-2-3-7-13(12)11-15/h2-3,6-7H,4-5,8-11,15H2,1H3,(H,16,17). The van der Waals surface area contributed by atoms with Crippen molar-refractivity contribution in [2.24, 2.45) is 5.73 Å². The molecule has 3 N–H and O–H groups in total. The lowest BCUT2D eigenvalue weighted by Gasteiger charge is -2.08. The zero-order valence-electron chi connectivity index (χ0n) is 10.9. The first-order valence-electron chi connectivity index (χ1n) is 6.30. The zero-order chi connectivity index (χ0) is 13.2. The zero-order valence-corrected chi connectivity index (χ0v) is 10.9. The van der Waals surface area contributed by atoms with E-state index in [0.717, 1.165) is 30.6 Å². The molecule has 100 valence electrons. The molecule has 4 nitrogen and oxygen atoms in total. The molecule has 1 aromatic rings. The van der Waals surface area contributed by atoms with Crippen LogP contribution in [0.25, 0.3) is 0 Å². The molecule has 0 saturated carbocycles. The van der Waals surface area contributed by atoms with Crippen LogP contribution in [-0.4, -0.2) is 26.2 Å². The van der Waals surface area contributed by atoms with E-state index in [0.29, 0.717) is 19.5 Å². The van der Waals surface area contributed by atoms with E-state index in [1.165, 1.54) is 0 Å². The molecule has 0 spiro atoms. The summed E-state index contributed by atoms with van der Waals surface area (Å²) in [6.45, 7) is 1.91. The lowest BCUT2D eigenvalue weighted by atomic mass is 10.0. The fraction of sp³-hybridized carbons (Fsp3) is 0.500. The van der Waals surface area contributed by atoms with Crippen LogP contribution in [0.4, 0.5) is 0 Å². The first-order valence-corrected chi connectivity index (χ1v) is 6.30. The number of methoxy groups -OCH3 is 1. The van der Waals surface area contributed by atoms with Gasteiger partial charge in [0.05, 0.1) is 6.42 Å². The normalized spacial score (nSPS) is 10.3. The molecule has 0 heterocycles. The van der Waals surface area contributed by atoms with E-state index < -0.39 is 0 Å². The minimum absolute atomic E-state index is 0.0494. The van der Waals surface area contributed by atoms with Gasteiger partial charge in [0.25, 0.3) is 0 Å². The highest BCUT2D eigenvalue weighted by Crippen LogP contribution is 2.08. The molecule has 0 radical (unpaired) electrons. The molecule has 0 bridgehead atoms. The summed E-state index contributed by atoms with van der Waals surface area (Å²) in [7, 11) is 1.68. The Morgan fingerprint density at radius 2 is 2.00 bits per heavy atom. The molecule has 0 aliphatic rings. The SMILES string of the molecule is COCCCCNC(=O)Cc1ccccc1CN. The quantitative estimate of drug-likeness (QED) is 0.682. The number of rotatable bonds is 8. The van der Waals surface area contributed by atoms with Gasteiger partial charge in [0.15, 0.2) is 0 Å². The maximum Gasteiger partial charge on any atom is 0.224 e. The van der Waals surface area contributed by atoms with Gasteiger partial charge in [-0.15, -0.1) is 0 Å². The molecule has 0 aliphatic carbocycles. The highest BCUT2D eigenvalue weighted by molar-refractivity contribution is 5.78. The smallest absolute Gasteiger partial charge is 0.224 e. The first kappa shape index (κ1) is 14.7. The fourth-order valence-corrected chi connectivity index (χ4v) is 1.76. The molecular formula is C14H22N2O2. The van der Waals surface area contributed by atoms with Crippen molar-refractivity contribution in [2.45, 2.75) is 25.8 Å². The van der Waals surface area contributed by atoms with Crippen LogP contribution in [0, 0.1) is 0 Å². The van der Waals surface area contributed by atoms with Crippen molar-refractivity contribution in [3.05, 3.63) is 35.4 Å². The van der Waals surface area contributed by atoms with Crippen LogP contribution >= 0.6 is 0 Å². The molecule has 4 heteroatoms. The number of carbonyl (C=O) groups is 1. The number of benzene rings is 1. The van der Waals surface area contributed by atoms with E-state index in [2.05, 4.69) is 5.32 Å². The second-order valence-corrected chi connectivity index (χ2v) is 4.20. The number of amides is 1. The van der Waals surface area contributed by atoms with Gasteiger partial charge >= 0.3 is 0 Å². The number of ether oxygens (including phenoxy) is 1. The highest BCUT2D eigenvalue weighted by Gasteiger charge is 2.05. The first-order chi connectivity index (χ1) is 8.77. The summed E-state index contributed by atoms with van der Waals surface area (Å²) in [6, 6.07) is 7.78. The van der Waals surface area contributed by atoms with Crippen LogP contribution in [0.3, 0.4) is 0 Å². The van der Waals surface area contributed by atoms with Crippen LogP contribution < -0.4 is 11.1 Å². The predicted octanol–water partition coefficient (Wildman–Crippen LogP) is 1.23. The largest absolute Gasteiger partial charge is 0.385 e. The monoisotopic (exact) mass is 250 g/mol. The fourth-order valence-electron chi connectivity index (χ4n) is 1.76. The maximum atomic E-state index is 11.7. The van der Waals surface area contributed by atoms with Gasteiger partial charge in [-0.05, 0) is 24.0 Å². The average molecular weight is 250 g/mol. The molecule has 0 fully saturated rings. The molecule has 0 atom stereocenters. The van der Waals surface area contributed by atoms with Crippen LogP contribution in [0.5, 0.6) is 0 Å². The average Bonchev–Trinajstić information content (AvgIpc) is 2.39. The van der Waals surface area contributed by atoms with Gasteiger partial charge in [0.2, 0.25) is 5.91 Å². The Balaban J connectivity index is 2.31. The Morgan fingerprint density at radius 3 is 2.67 bits per heavy atom. The lowest BCUT2D eigenvalue weighted by molar-refractivity contribution is -0.120. The van der Waals surface area contributed by atoms with Gasteiger partial charge in [-0.3, -0.25) is 4.79 Å². The summed E-state index contributed by atoms with van der Waals surface area (Å²) in [4.78, 5) is 11.7. The van der Waals surface area contributed by atoms with Crippen LogP contribution in [0.1, 0.15) is 24.0 Å². The molecule has 0 aromatic heterocycles. The summed E-state index contributed by atoms with van der Waals surface area (Å²) in [5.74, 6) is 0.0494. The number of unbranched alkanes of at least 4 members (excludes halogenated alkanes) is 1. The van der Waals surface area contributed by atoms with Crippen molar-refractivity contribution in [1.82, 2.24) is 5.32 Å². The third kappa shape index (κ3) is 5.29. The van der Waals surface area contributed by atoms with E-state index in [1.54, 1.807) is 7.11 Å². The van der Waals surface area contributed by atoms with E-state index in [1.807, 2.05) is 24.3 Å². The minimum atomic E-state index is 0.0494. The number of hydrogen-bond acceptors (Lipinski definition) is 3. The van der Waals surface area contributed by atoms with Gasteiger partial charge in [0, 0.05) is 26.8 Å². The molecular weight excluding hydrogens is 228 g/mol. The molecule has 0 unspecified atom stereocenters. The summed E-state index contributed by atoms with van der Waals surface area (Å²) in [5, 5.41) is 2.91. The topological polar surface area (TPSA) is 64.3 Å². The van der Waals surface area contributed by atoms with Gasteiger partial charge < -0.3 is 15.8 Å². The molecule has 1 amide bonds. The Morgan fingerprint density at radius 1 is 1.28 bits per heavy atom. The lowest BCUT2D eigenvalue weighted by Crippen LogP contribution is -2.26. The Labute approximate surface area is 109 Å². The van der Waals surface area contributed by atoms with E-state index >= 15 is 0 Å². The maximum absolute atomic E-state index is 11.7. The van der Waals surface area contributed by atoms with Crippen molar-refractivity contribution in [2.75, 3.05) is 20.3 Å². The molecule has 18 heavy (non-hydrogen) atoms. The van der Waals surface area contributed by atoms with Crippen LogP contribution in [-0.2, 0) is 22.5 Å². The van der Waals surface area contributed by atoms with E-state index in [4.69, 9.17) is 10.5 Å². The predicted molar refractivity (Wildman–Crippen MR) is 72.2 cm³/mol. The van der Waals surface area contributed by atoms with Gasteiger partial charge in [0.1, 0.15) is 0 Å². The molecule has 1 aromatic carbocycles. The summed E-state index contributed by atoms with van der Waals surface area (Å²) in [5.41, 5.74) is 7.68. The Kier molecular flexibility index (Phi) is 7.06. The summed E-state index contributed by atoms with van der Waals surface area (Å²) in [6.07, 6.45) is 2.31. The number of nitrogens with two attached hydrogens (primary N) is 1. The number of nitrogens with one attached hydrogen (secondary N) is 1. The molecule has 0 aliphatic heterocycles. The second kappa shape index (κ2) is 8.66. The molecule has 0 saturated heterocycles. The molecule has 1 rings (SSSR count). The Bertz CT molecular complexity index is 367. The highest BCUT2D eigenvalue weighted by atomic mass is 16.5. The third-order valence-corrected chi connectivity index (χ3v) is 2.79. The Hall–Kier alpha value is -1.39. The number of hydrogen-bond donors (Lipinski definition) is 2. The van der Waals surface area contributed by atoms with Gasteiger partial charge in [-0.1, -0.05) is 24.3 Å².